The van der Waals surface area contributed by atoms with Gasteiger partial charge in [0, 0.05) is 237 Å². The maximum atomic E-state index is 11.8. The monoisotopic (exact) mass is 1670 g/mol. The van der Waals surface area contributed by atoms with Gasteiger partial charge < -0.3 is 54.5 Å². The Morgan fingerprint density at radius 2 is 0.516 bits per heavy atom. The van der Waals surface area contributed by atoms with E-state index in [9.17, 15) is 53.1 Å². The molecule has 6 N–H and O–H groups in total. The van der Waals surface area contributed by atoms with Crippen LogP contribution in [0.1, 0.15) is 227 Å². The quantitative estimate of drug-likeness (QED) is 0.0174. The Labute approximate surface area is 723 Å². The molecule has 0 spiro atoms. The number of carbonyl (C=O) groups is 10. The summed E-state index contributed by atoms with van der Waals surface area (Å²) in [7, 11) is 1.93. The first-order valence-electron chi connectivity index (χ1n) is 42.9. The fourth-order valence-electron chi connectivity index (χ4n) is 16.1. The molecule has 5 aromatic heterocycles. The van der Waals surface area contributed by atoms with Crippen molar-refractivity contribution in [1.29, 1.82) is 0 Å². The van der Waals surface area contributed by atoms with Gasteiger partial charge in [0.15, 0.2) is 57.8 Å². The predicted molar refractivity (Wildman–Crippen MR) is 505 cm³/mol. The van der Waals surface area contributed by atoms with Crippen molar-refractivity contribution in [3.05, 3.63) is 232 Å². The van der Waals surface area contributed by atoms with Crippen molar-refractivity contribution < 1.29 is 53.1 Å². The van der Waals surface area contributed by atoms with Crippen LogP contribution >= 0.6 is 0 Å². The number of Topliss-reactive ketones (excluding diaryl/α,β-unsaturated/α-hetero) is 10. The molecule has 21 nitrogen and oxygen atoms in total. The van der Waals surface area contributed by atoms with E-state index in [-0.39, 0.29) is 63.6 Å². The summed E-state index contributed by atoms with van der Waals surface area (Å²) in [6.45, 7) is 38.6. The minimum Gasteiger partial charge on any atom is -0.507 e. The highest BCUT2D eigenvalue weighted by Crippen LogP contribution is 2.38. The number of ketones is 10. The van der Waals surface area contributed by atoms with E-state index < -0.39 is 0 Å². The third-order valence-corrected chi connectivity index (χ3v) is 23.1. The fraction of sp³-hybridized carbons (Fsp3) is 0.320. The van der Waals surface area contributed by atoms with Crippen LogP contribution in [0.25, 0.3) is 109 Å². The smallest absolute Gasteiger partial charge is 0.163 e. The Kier molecular flexibility index (Phi) is 30.6. The van der Waals surface area contributed by atoms with Gasteiger partial charge in [-0.15, -0.1) is 0 Å². The molecular formula is C103H116N10O11. The molecule has 0 saturated carbocycles. The van der Waals surface area contributed by atoms with E-state index in [2.05, 4.69) is 91.0 Å². The normalized spacial score (nSPS) is 11.6. The van der Waals surface area contributed by atoms with Gasteiger partial charge in [0.1, 0.15) is 5.75 Å². The molecule has 124 heavy (non-hydrogen) atoms. The minimum absolute atomic E-state index is 0.000144. The second kappa shape index (κ2) is 41.1. The molecule has 0 fully saturated rings. The Balaban J connectivity index is 0.000000151. The molecule has 0 amide bonds. The first-order valence-corrected chi connectivity index (χ1v) is 42.9. The van der Waals surface area contributed by atoms with Gasteiger partial charge in [-0.25, -0.2) is 0 Å². The zero-order valence-corrected chi connectivity index (χ0v) is 74.6. The lowest BCUT2D eigenvalue weighted by molar-refractivity contribution is 0.100. The van der Waals surface area contributed by atoms with E-state index in [0.717, 1.165) is 200 Å². The summed E-state index contributed by atoms with van der Waals surface area (Å²) in [6.07, 6.45) is 2.20. The predicted octanol–water partition coefficient (Wildman–Crippen LogP) is 19.9. The number of nitrogens with zero attached hydrogens (tertiary/aromatic N) is 5. The van der Waals surface area contributed by atoms with Crippen molar-refractivity contribution in [2.24, 2.45) is 0 Å². The second-order valence-corrected chi connectivity index (χ2v) is 32.4. The van der Waals surface area contributed by atoms with Gasteiger partial charge >= 0.3 is 0 Å². The van der Waals surface area contributed by atoms with E-state index in [4.69, 9.17) is 0 Å². The SMILES string of the molecule is CC(=O)c1ccc2c(c1)c1cc(C(C)=O)c(O)cc1n2CCNC(C)C.CCC(C)NCCn1c2ccc(C(C)=O)cc2c2cc(C(C)=O)ccc21.CCCNCCn1c2ccc(C(C)=O)cc2c2cc(C(C)=O)ccc21.CCNCCn1c2ccc(C(C)=O)cc2c2cc(C(C)=O)ccc21.CNCCn1c2ccc(C(C)=O)cc2c2cc(C(C)=O)ccc21. The fourth-order valence-corrected chi connectivity index (χ4v) is 16.1. The van der Waals surface area contributed by atoms with E-state index >= 15 is 0 Å². The lowest BCUT2D eigenvalue weighted by Crippen LogP contribution is -2.28. The zero-order valence-electron chi connectivity index (χ0n) is 74.6. The number of benzene rings is 10. The third-order valence-electron chi connectivity index (χ3n) is 23.1. The molecule has 15 aromatic rings. The lowest BCUT2D eigenvalue weighted by atomic mass is 10.0. The maximum absolute atomic E-state index is 11.8. The number of fused-ring (bicyclic) bond motifs is 15. The Morgan fingerprint density at radius 3 is 0.742 bits per heavy atom. The number of hydrogen-bond donors (Lipinski definition) is 6. The number of phenols is 1. The van der Waals surface area contributed by atoms with Gasteiger partial charge in [0.25, 0.3) is 0 Å². The summed E-state index contributed by atoms with van der Waals surface area (Å²) in [6, 6.07) is 56.5. The molecule has 0 bridgehead atoms. The summed E-state index contributed by atoms with van der Waals surface area (Å²) < 4.78 is 11.1. The largest absolute Gasteiger partial charge is 0.507 e. The van der Waals surface area contributed by atoms with Gasteiger partial charge in [-0.05, 0) is 279 Å². The summed E-state index contributed by atoms with van der Waals surface area (Å²) in [5, 5.41) is 37.1. The molecule has 5 heterocycles. The summed E-state index contributed by atoms with van der Waals surface area (Å²) >= 11 is 0. The first kappa shape index (κ1) is 92.2. The number of carbonyl (C=O) groups excluding carboxylic acids is 10. The number of nitrogens with one attached hydrogen (secondary N) is 5. The highest BCUT2D eigenvalue weighted by Gasteiger charge is 2.22. The Morgan fingerprint density at radius 1 is 0.282 bits per heavy atom. The minimum atomic E-state index is -0.186. The molecule has 0 aliphatic heterocycles. The van der Waals surface area contributed by atoms with Crippen molar-refractivity contribution in [2.75, 3.05) is 52.9 Å². The summed E-state index contributed by atoms with van der Waals surface area (Å²) in [4.78, 5) is 118. The van der Waals surface area contributed by atoms with Crippen molar-refractivity contribution in [3.8, 4) is 5.75 Å². The van der Waals surface area contributed by atoms with Crippen LogP contribution in [0.2, 0.25) is 0 Å². The van der Waals surface area contributed by atoms with Crippen LogP contribution in [-0.2, 0) is 32.7 Å². The topological polar surface area (TPSA) is 276 Å². The molecule has 1 unspecified atom stereocenters. The molecule has 0 aliphatic carbocycles. The van der Waals surface area contributed by atoms with Gasteiger partial charge in [0.2, 0.25) is 0 Å². The molecule has 644 valence electrons. The first-order chi connectivity index (χ1) is 59.3. The van der Waals surface area contributed by atoms with Crippen LogP contribution in [0.3, 0.4) is 0 Å². The second-order valence-electron chi connectivity index (χ2n) is 32.4. The zero-order chi connectivity index (χ0) is 89.7. The Bertz CT molecular complexity index is 6370. The summed E-state index contributed by atoms with van der Waals surface area (Å²) in [5.41, 5.74) is 17.1. The lowest BCUT2D eigenvalue weighted by Gasteiger charge is -2.13. The van der Waals surface area contributed by atoms with E-state index in [1.165, 1.54) is 6.92 Å². The van der Waals surface area contributed by atoms with Gasteiger partial charge in [-0.3, -0.25) is 47.9 Å². The maximum Gasteiger partial charge on any atom is 0.163 e. The van der Waals surface area contributed by atoms with Crippen molar-refractivity contribution >= 4 is 167 Å². The van der Waals surface area contributed by atoms with Crippen LogP contribution < -0.4 is 26.6 Å². The molecule has 10 aromatic carbocycles. The highest BCUT2D eigenvalue weighted by atomic mass is 16.3. The van der Waals surface area contributed by atoms with Crippen molar-refractivity contribution in [2.45, 2.75) is 168 Å². The van der Waals surface area contributed by atoms with Crippen molar-refractivity contribution in [1.82, 2.24) is 49.4 Å². The number of aromatic hydroxyl groups is 1. The van der Waals surface area contributed by atoms with Crippen LogP contribution in [0, 0.1) is 0 Å². The number of aromatic nitrogens is 5. The molecule has 1 atom stereocenters. The average molecular weight is 1670 g/mol. The van der Waals surface area contributed by atoms with Crippen LogP contribution in [0.5, 0.6) is 5.75 Å². The van der Waals surface area contributed by atoms with Gasteiger partial charge in [-0.1, -0.05) is 34.6 Å². The number of hydrogen-bond acceptors (Lipinski definition) is 16. The van der Waals surface area contributed by atoms with E-state index in [0.29, 0.717) is 67.7 Å². The standard InChI is InChI=1S/C22H26N2O2.C21H24N2O3.C21H24N2O2.C20H22N2O2.C19H20N2O2/c1-5-14(2)23-10-11-24-21-8-6-17(15(3)25)12-19(21)20-13-18(16(4)26)7-9-22(20)24;1-12(2)22-7-8-23-19-6-5-15(13(3)24)9-17(19)18-10-16(14(4)25)21(26)11-20(18)23;1-4-9-22-10-11-23-20-7-5-16(14(2)24)12-18(20)19-13-17(15(3)25)6-8-21(19)23;1-4-21-9-10-22-19-7-5-15(13(2)23)11-17(19)18-12-16(14(3)24)6-8-20(18)22;1-12(22)14-4-6-18-16(10-14)17-11-15(13(2)23)5-7-19(17)21(18)9-8-20-3/h6-9,12-14,23H,5,10-11H2,1-4H3;5-6,9-12,22,26H,7-8H2,1-4H3;5-8,12-13,22H,4,9-11H2,1-3H3;5-8,11-12,21H,4,9-10H2,1-3H3;4-7,10-11,20H,8-9H2,1-3H3. The number of phenolic OH excluding ortho intramolecular Hbond substituents is 1. The molecule has 0 aliphatic rings. The molecule has 21 heteroatoms. The van der Waals surface area contributed by atoms with Crippen LogP contribution in [0.15, 0.2) is 176 Å². The Hall–Kier alpha value is -12.5. The highest BCUT2D eigenvalue weighted by molar-refractivity contribution is 6.18. The van der Waals surface area contributed by atoms with Crippen molar-refractivity contribution in [3.63, 3.8) is 0 Å². The molecule has 0 saturated heterocycles. The van der Waals surface area contributed by atoms with E-state index in [1.54, 1.807) is 74.4 Å². The van der Waals surface area contributed by atoms with Crippen LogP contribution in [-0.4, -0.2) is 151 Å². The third kappa shape index (κ3) is 20.7. The van der Waals surface area contributed by atoms with Gasteiger partial charge in [0.05, 0.1) is 11.1 Å². The average Bonchev–Trinajstić information content (AvgIpc) is 1.62. The van der Waals surface area contributed by atoms with Crippen LogP contribution in [0.4, 0.5) is 0 Å². The molecular weight excluding hydrogens is 1550 g/mol. The van der Waals surface area contributed by atoms with E-state index in [1.807, 2.05) is 171 Å². The number of likely N-dealkylation sites (N-methyl/N-ethyl adjacent to an activating group) is 2. The molecule has 0 radical (unpaired) electrons. The van der Waals surface area contributed by atoms with Gasteiger partial charge in [-0.2, -0.15) is 0 Å². The summed E-state index contributed by atoms with van der Waals surface area (Å²) in [5.74, 6) is 0.193. The number of rotatable bonds is 31. The molecule has 15 rings (SSSR count).